The minimum Gasteiger partial charge on any atom is -0.356 e. The van der Waals surface area contributed by atoms with Gasteiger partial charge in [0.05, 0.1) is 0 Å². The first-order valence-electron chi connectivity index (χ1n) is 9.38. The molecule has 2 unspecified atom stereocenters. The van der Waals surface area contributed by atoms with Crippen LogP contribution in [-0.2, 0) is 0 Å². The predicted octanol–water partition coefficient (Wildman–Crippen LogP) is 5.85. The third kappa shape index (κ3) is 4.17. The van der Waals surface area contributed by atoms with Crippen molar-refractivity contribution in [3.05, 3.63) is 58.0 Å². The Balaban J connectivity index is 1.80. The van der Waals surface area contributed by atoms with Crippen molar-refractivity contribution < 1.29 is 0 Å². The van der Waals surface area contributed by atoms with Gasteiger partial charge < -0.3 is 4.90 Å². The highest BCUT2D eigenvalue weighted by atomic mass is 35.5. The monoisotopic (exact) mass is 356 g/mol. The van der Waals surface area contributed by atoms with Gasteiger partial charge >= 0.3 is 0 Å². The number of aliphatic imine (C=N–C) groups is 1. The van der Waals surface area contributed by atoms with Crippen LogP contribution in [0.5, 0.6) is 0 Å². The van der Waals surface area contributed by atoms with E-state index in [1.807, 2.05) is 0 Å². The minimum absolute atomic E-state index is 0.416. The summed E-state index contributed by atoms with van der Waals surface area (Å²) in [6.07, 6.45) is 15.4. The summed E-state index contributed by atoms with van der Waals surface area (Å²) in [4.78, 5) is 7.22. The fourth-order valence-corrected chi connectivity index (χ4v) is 4.05. The van der Waals surface area contributed by atoms with Gasteiger partial charge in [-0.05, 0) is 56.8 Å². The molecule has 0 aromatic carbocycles. The van der Waals surface area contributed by atoms with Gasteiger partial charge in [0.25, 0.3) is 0 Å². The van der Waals surface area contributed by atoms with Crippen LogP contribution in [0.25, 0.3) is 0 Å². The van der Waals surface area contributed by atoms with Crippen LogP contribution >= 0.6 is 11.6 Å². The maximum absolute atomic E-state index is 6.28. The SMILES string of the molecule is CC1=CC=C(N2CCC[C@H](C3=CC=C(Cl)C=C(C)C3C)C2)N=CC1C. The average molecular weight is 357 g/mol. The van der Waals surface area contributed by atoms with Crippen molar-refractivity contribution in [1.82, 2.24) is 4.90 Å². The van der Waals surface area contributed by atoms with Crippen LogP contribution in [-0.4, -0.2) is 24.2 Å². The Morgan fingerprint density at radius 1 is 1.08 bits per heavy atom. The maximum Gasteiger partial charge on any atom is 0.128 e. The molecule has 0 aromatic heterocycles. The van der Waals surface area contributed by atoms with E-state index in [2.05, 4.69) is 69.2 Å². The lowest BCUT2D eigenvalue weighted by atomic mass is 9.81. The molecular weight excluding hydrogens is 328 g/mol. The third-order valence-corrected chi connectivity index (χ3v) is 6.08. The quantitative estimate of drug-likeness (QED) is 0.605. The van der Waals surface area contributed by atoms with Crippen molar-refractivity contribution in [2.45, 2.75) is 40.5 Å². The molecular formula is C22H29ClN2. The molecule has 2 aliphatic heterocycles. The van der Waals surface area contributed by atoms with Crippen molar-refractivity contribution in [3.8, 4) is 0 Å². The molecule has 0 aromatic rings. The molecule has 3 heteroatoms. The van der Waals surface area contributed by atoms with E-state index in [-0.39, 0.29) is 0 Å². The zero-order valence-corrected chi connectivity index (χ0v) is 16.6. The van der Waals surface area contributed by atoms with E-state index in [1.165, 1.54) is 29.6 Å². The van der Waals surface area contributed by atoms with Crippen LogP contribution in [0, 0.1) is 17.8 Å². The van der Waals surface area contributed by atoms with Crippen LogP contribution < -0.4 is 0 Å². The van der Waals surface area contributed by atoms with Gasteiger partial charge in [0, 0.05) is 30.3 Å². The molecule has 2 heterocycles. The van der Waals surface area contributed by atoms with Gasteiger partial charge in [0.15, 0.2) is 0 Å². The molecule has 0 N–H and O–H groups in total. The summed E-state index contributed by atoms with van der Waals surface area (Å²) < 4.78 is 0. The number of rotatable bonds is 2. The first-order valence-corrected chi connectivity index (χ1v) is 9.76. The van der Waals surface area contributed by atoms with Crippen LogP contribution in [0.3, 0.4) is 0 Å². The molecule has 0 saturated carbocycles. The number of hydrogen-bond acceptors (Lipinski definition) is 2. The number of hydrogen-bond donors (Lipinski definition) is 0. The number of halogens is 1. The molecule has 0 amide bonds. The molecule has 0 bridgehead atoms. The smallest absolute Gasteiger partial charge is 0.128 e. The largest absolute Gasteiger partial charge is 0.356 e. The fourth-order valence-electron chi connectivity index (χ4n) is 3.81. The number of allylic oxidation sites excluding steroid dienone is 8. The molecule has 2 nitrogen and oxygen atoms in total. The minimum atomic E-state index is 0.416. The highest BCUT2D eigenvalue weighted by Crippen LogP contribution is 2.35. The normalized spacial score (nSPS) is 30.5. The zero-order chi connectivity index (χ0) is 18.0. The number of piperidine rings is 1. The number of nitrogens with zero attached hydrogens (tertiary/aromatic N) is 2. The summed E-state index contributed by atoms with van der Waals surface area (Å²) in [6, 6.07) is 0. The van der Waals surface area contributed by atoms with Crippen molar-refractivity contribution in [3.63, 3.8) is 0 Å². The summed E-state index contributed by atoms with van der Waals surface area (Å²) >= 11 is 6.28. The summed E-state index contributed by atoms with van der Waals surface area (Å²) in [5.41, 5.74) is 4.22. The topological polar surface area (TPSA) is 15.6 Å². The Morgan fingerprint density at radius 3 is 2.68 bits per heavy atom. The predicted molar refractivity (Wildman–Crippen MR) is 109 cm³/mol. The molecule has 134 valence electrons. The maximum atomic E-state index is 6.28. The second-order valence-electron chi connectivity index (χ2n) is 7.62. The van der Waals surface area contributed by atoms with E-state index in [0.717, 1.165) is 23.9 Å². The molecule has 3 aliphatic rings. The van der Waals surface area contributed by atoms with Crippen molar-refractivity contribution >= 4 is 17.8 Å². The zero-order valence-electron chi connectivity index (χ0n) is 15.8. The van der Waals surface area contributed by atoms with E-state index >= 15 is 0 Å². The Morgan fingerprint density at radius 2 is 1.88 bits per heavy atom. The first-order chi connectivity index (χ1) is 12.0. The molecule has 3 atom stereocenters. The van der Waals surface area contributed by atoms with Gasteiger partial charge in [0.1, 0.15) is 5.82 Å². The standard InChI is InChI=1S/C22H29ClN2/c1-15-7-10-22(24-13-17(15)3)25-11-5-6-19(14-25)21-9-8-20(23)12-16(2)18(21)4/h7-10,12-13,17-19H,5-6,11,14H2,1-4H3/t17?,18?,19-/m0/s1. The molecule has 1 fully saturated rings. The summed E-state index contributed by atoms with van der Waals surface area (Å²) in [5.74, 6) is 2.54. The number of likely N-dealkylation sites (tertiary alicyclic amines) is 1. The van der Waals surface area contributed by atoms with Crippen LogP contribution in [0.1, 0.15) is 40.5 Å². The lowest BCUT2D eigenvalue weighted by Gasteiger charge is -2.37. The average Bonchev–Trinajstić information content (AvgIpc) is 2.84. The molecule has 3 rings (SSSR count). The van der Waals surface area contributed by atoms with E-state index in [0.29, 0.717) is 17.8 Å². The van der Waals surface area contributed by atoms with E-state index in [4.69, 9.17) is 16.6 Å². The Hall–Kier alpha value is -1.54. The van der Waals surface area contributed by atoms with Crippen LogP contribution in [0.4, 0.5) is 0 Å². The molecule has 25 heavy (non-hydrogen) atoms. The van der Waals surface area contributed by atoms with Crippen LogP contribution in [0.2, 0.25) is 0 Å². The summed E-state index contributed by atoms with van der Waals surface area (Å²) in [7, 11) is 0. The van der Waals surface area contributed by atoms with Crippen molar-refractivity contribution in [2.24, 2.45) is 22.7 Å². The summed E-state index contributed by atoms with van der Waals surface area (Å²) in [6.45, 7) is 11.0. The molecule has 0 radical (unpaired) electrons. The Kier molecular flexibility index (Phi) is 5.68. The highest BCUT2D eigenvalue weighted by molar-refractivity contribution is 6.31. The van der Waals surface area contributed by atoms with Gasteiger partial charge in [0.2, 0.25) is 0 Å². The molecule has 1 aliphatic carbocycles. The van der Waals surface area contributed by atoms with Crippen molar-refractivity contribution in [2.75, 3.05) is 13.1 Å². The van der Waals surface area contributed by atoms with E-state index in [9.17, 15) is 0 Å². The molecule has 0 spiro atoms. The lowest BCUT2D eigenvalue weighted by molar-refractivity contribution is 0.231. The van der Waals surface area contributed by atoms with Gasteiger partial charge in [-0.25, -0.2) is 4.99 Å². The second-order valence-corrected chi connectivity index (χ2v) is 8.05. The van der Waals surface area contributed by atoms with Gasteiger partial charge in [-0.1, -0.05) is 54.3 Å². The van der Waals surface area contributed by atoms with Gasteiger partial charge in [-0.15, -0.1) is 0 Å². The van der Waals surface area contributed by atoms with Crippen LogP contribution in [0.15, 0.2) is 62.9 Å². The lowest BCUT2D eigenvalue weighted by Crippen LogP contribution is -2.36. The fraction of sp³-hybridized carbons (Fsp3) is 0.500. The summed E-state index contributed by atoms with van der Waals surface area (Å²) in [5, 5.41) is 0.831. The Labute approximate surface area is 157 Å². The highest BCUT2D eigenvalue weighted by Gasteiger charge is 2.28. The Bertz CT molecular complexity index is 706. The third-order valence-electron chi connectivity index (χ3n) is 5.84. The second kappa shape index (κ2) is 7.78. The van der Waals surface area contributed by atoms with E-state index < -0.39 is 0 Å². The molecule has 1 saturated heterocycles. The van der Waals surface area contributed by atoms with Gasteiger partial charge in [-0.3, -0.25) is 0 Å². The first kappa shape index (κ1) is 18.3. The van der Waals surface area contributed by atoms with E-state index in [1.54, 1.807) is 0 Å². The van der Waals surface area contributed by atoms with Crippen molar-refractivity contribution in [1.29, 1.82) is 0 Å². The van der Waals surface area contributed by atoms with Gasteiger partial charge in [-0.2, -0.15) is 0 Å².